The number of hydrogen-bond acceptors (Lipinski definition) is 3. The van der Waals surface area contributed by atoms with Gasteiger partial charge in [0.2, 0.25) is 0 Å². The van der Waals surface area contributed by atoms with Crippen molar-refractivity contribution in [3.63, 3.8) is 0 Å². The molecule has 0 bridgehead atoms. The minimum absolute atomic E-state index is 0.0406. The van der Waals surface area contributed by atoms with Gasteiger partial charge in [-0.05, 0) is 18.6 Å². The smallest absolute Gasteiger partial charge is 0.338 e. The summed E-state index contributed by atoms with van der Waals surface area (Å²) in [5.74, 6) is -0.366. The molecule has 3 nitrogen and oxygen atoms in total. The van der Waals surface area contributed by atoms with Crippen molar-refractivity contribution < 1.29 is 14.6 Å². The highest BCUT2D eigenvalue weighted by molar-refractivity contribution is 5.89. The van der Waals surface area contributed by atoms with Crippen molar-refractivity contribution in [2.24, 2.45) is 5.41 Å². The molecule has 1 aromatic rings. The van der Waals surface area contributed by atoms with Gasteiger partial charge in [0, 0.05) is 5.41 Å². The topological polar surface area (TPSA) is 46.5 Å². The van der Waals surface area contributed by atoms with Crippen molar-refractivity contribution in [3.05, 3.63) is 48.6 Å². The average molecular weight is 234 g/mol. The van der Waals surface area contributed by atoms with E-state index in [1.54, 1.807) is 30.3 Å². The van der Waals surface area contributed by atoms with Crippen molar-refractivity contribution in [1.82, 2.24) is 0 Å². The van der Waals surface area contributed by atoms with Gasteiger partial charge in [0.25, 0.3) is 0 Å². The van der Waals surface area contributed by atoms with Crippen LogP contribution in [0.1, 0.15) is 23.7 Å². The largest absolute Gasteiger partial charge is 0.461 e. The van der Waals surface area contributed by atoms with Crippen LogP contribution < -0.4 is 0 Å². The highest BCUT2D eigenvalue weighted by Gasteiger charge is 2.24. The van der Waals surface area contributed by atoms with E-state index in [0.29, 0.717) is 12.0 Å². The zero-order chi connectivity index (χ0) is 12.7. The summed E-state index contributed by atoms with van der Waals surface area (Å²) in [5, 5.41) is 9.26. The average Bonchev–Trinajstić information content (AvgIpc) is 2.37. The number of hydrogen-bond donors (Lipinski definition) is 1. The molecule has 1 atom stereocenters. The number of ether oxygens (including phenoxy) is 1. The summed E-state index contributed by atoms with van der Waals surface area (Å²) in [6.45, 7) is 5.62. The third-order valence-corrected chi connectivity index (χ3v) is 2.58. The number of benzene rings is 1. The highest BCUT2D eigenvalue weighted by Crippen LogP contribution is 2.21. The van der Waals surface area contributed by atoms with Crippen LogP contribution in [0.5, 0.6) is 0 Å². The SMILES string of the molecule is C=CC[C@@](C)(CO)COC(=O)c1ccccc1. The van der Waals surface area contributed by atoms with Crippen molar-refractivity contribution in [3.8, 4) is 0 Å². The van der Waals surface area contributed by atoms with E-state index in [2.05, 4.69) is 6.58 Å². The van der Waals surface area contributed by atoms with E-state index >= 15 is 0 Å². The Balaban J connectivity index is 2.56. The predicted octanol–water partition coefficient (Wildman–Crippen LogP) is 2.42. The fourth-order valence-corrected chi connectivity index (χ4v) is 1.41. The molecular formula is C14H18O3. The van der Waals surface area contributed by atoms with E-state index in [1.165, 1.54) is 0 Å². The van der Waals surface area contributed by atoms with E-state index in [9.17, 15) is 9.90 Å². The lowest BCUT2D eigenvalue weighted by Gasteiger charge is -2.25. The molecular weight excluding hydrogens is 216 g/mol. The maximum atomic E-state index is 11.7. The predicted molar refractivity (Wildman–Crippen MR) is 66.7 cm³/mol. The Morgan fingerprint density at radius 1 is 1.47 bits per heavy atom. The molecule has 1 N–H and O–H groups in total. The zero-order valence-electron chi connectivity index (χ0n) is 10.1. The molecule has 92 valence electrons. The van der Waals surface area contributed by atoms with Gasteiger partial charge in [0.15, 0.2) is 0 Å². The number of rotatable bonds is 6. The third-order valence-electron chi connectivity index (χ3n) is 2.58. The number of aliphatic hydroxyl groups is 1. The summed E-state index contributed by atoms with van der Waals surface area (Å²) in [6, 6.07) is 8.81. The number of allylic oxidation sites excluding steroid dienone is 1. The minimum atomic E-state index is -0.452. The molecule has 0 amide bonds. The summed E-state index contributed by atoms with van der Waals surface area (Å²) >= 11 is 0. The second-order valence-corrected chi connectivity index (χ2v) is 4.40. The normalized spacial score (nSPS) is 13.8. The number of carbonyl (C=O) groups excluding carboxylic acids is 1. The second kappa shape index (κ2) is 6.21. The molecule has 1 rings (SSSR count). The molecule has 17 heavy (non-hydrogen) atoms. The highest BCUT2D eigenvalue weighted by atomic mass is 16.5. The summed E-state index contributed by atoms with van der Waals surface area (Å²) in [7, 11) is 0. The van der Waals surface area contributed by atoms with Gasteiger partial charge in [0.05, 0.1) is 18.8 Å². The summed E-state index contributed by atoms with van der Waals surface area (Å²) in [5.41, 5.74) is 0.0676. The Morgan fingerprint density at radius 2 is 2.12 bits per heavy atom. The van der Waals surface area contributed by atoms with Crippen molar-refractivity contribution in [1.29, 1.82) is 0 Å². The lowest BCUT2D eigenvalue weighted by Crippen LogP contribution is -2.28. The van der Waals surface area contributed by atoms with E-state index in [-0.39, 0.29) is 19.2 Å². The van der Waals surface area contributed by atoms with Gasteiger partial charge in [-0.25, -0.2) is 4.79 Å². The second-order valence-electron chi connectivity index (χ2n) is 4.40. The van der Waals surface area contributed by atoms with Crippen LogP contribution in [-0.2, 0) is 4.74 Å². The van der Waals surface area contributed by atoms with Gasteiger partial charge in [-0.2, -0.15) is 0 Å². The van der Waals surface area contributed by atoms with Gasteiger partial charge in [0.1, 0.15) is 0 Å². The van der Waals surface area contributed by atoms with E-state index in [1.807, 2.05) is 13.0 Å². The van der Waals surface area contributed by atoms with Crippen LogP contribution in [0.25, 0.3) is 0 Å². The van der Waals surface area contributed by atoms with Gasteiger partial charge >= 0.3 is 5.97 Å². The summed E-state index contributed by atoms with van der Waals surface area (Å²) < 4.78 is 5.19. The van der Waals surface area contributed by atoms with E-state index in [4.69, 9.17) is 4.74 Å². The van der Waals surface area contributed by atoms with Crippen LogP contribution in [0.15, 0.2) is 43.0 Å². The molecule has 0 aromatic heterocycles. The van der Waals surface area contributed by atoms with E-state index in [0.717, 1.165) is 0 Å². The quantitative estimate of drug-likeness (QED) is 0.607. The van der Waals surface area contributed by atoms with Gasteiger partial charge in [-0.1, -0.05) is 31.2 Å². The maximum absolute atomic E-state index is 11.7. The number of carbonyl (C=O) groups is 1. The number of aliphatic hydroxyl groups excluding tert-OH is 1. The number of esters is 1. The zero-order valence-corrected chi connectivity index (χ0v) is 10.1. The Labute approximate surface area is 102 Å². The lowest BCUT2D eigenvalue weighted by atomic mass is 9.89. The molecule has 0 spiro atoms. The van der Waals surface area contributed by atoms with Crippen molar-refractivity contribution in [2.75, 3.05) is 13.2 Å². The molecule has 0 aliphatic rings. The molecule has 0 saturated heterocycles. The molecule has 0 unspecified atom stereocenters. The van der Waals surface area contributed by atoms with E-state index < -0.39 is 5.41 Å². The van der Waals surface area contributed by atoms with Gasteiger partial charge in [-0.15, -0.1) is 6.58 Å². The third kappa shape index (κ3) is 4.04. The molecule has 1 aromatic carbocycles. The Kier molecular flexibility index (Phi) is 4.91. The molecule has 0 aliphatic heterocycles. The van der Waals surface area contributed by atoms with Gasteiger partial charge in [-0.3, -0.25) is 0 Å². The standard InChI is InChI=1S/C14H18O3/c1-3-9-14(2,10-15)11-17-13(16)12-7-5-4-6-8-12/h3-8,15H,1,9-11H2,2H3/t14-/m0/s1. The first kappa shape index (κ1) is 13.5. The molecule has 0 fully saturated rings. The van der Waals surface area contributed by atoms with Crippen molar-refractivity contribution >= 4 is 5.97 Å². The first-order valence-electron chi connectivity index (χ1n) is 5.55. The van der Waals surface area contributed by atoms with Crippen LogP contribution in [0, 0.1) is 5.41 Å². The molecule has 0 saturated carbocycles. The summed E-state index contributed by atoms with van der Waals surface area (Å²) in [6.07, 6.45) is 2.32. The van der Waals surface area contributed by atoms with Gasteiger partial charge < -0.3 is 9.84 Å². The van der Waals surface area contributed by atoms with Crippen LogP contribution >= 0.6 is 0 Å². The first-order valence-corrected chi connectivity index (χ1v) is 5.55. The van der Waals surface area contributed by atoms with Crippen LogP contribution in [0.4, 0.5) is 0 Å². The van der Waals surface area contributed by atoms with Crippen molar-refractivity contribution in [2.45, 2.75) is 13.3 Å². The Hall–Kier alpha value is -1.61. The summed E-state index contributed by atoms with van der Waals surface area (Å²) in [4.78, 5) is 11.7. The fraction of sp³-hybridized carbons (Fsp3) is 0.357. The monoisotopic (exact) mass is 234 g/mol. The lowest BCUT2D eigenvalue weighted by molar-refractivity contribution is 0.0172. The first-order chi connectivity index (χ1) is 8.11. The Morgan fingerprint density at radius 3 is 2.65 bits per heavy atom. The van der Waals surface area contributed by atoms with Crippen LogP contribution in [0.3, 0.4) is 0 Å². The Bertz CT molecular complexity index is 372. The molecule has 0 heterocycles. The molecule has 3 heteroatoms. The minimum Gasteiger partial charge on any atom is -0.461 e. The van der Waals surface area contributed by atoms with Crippen LogP contribution in [-0.4, -0.2) is 24.3 Å². The maximum Gasteiger partial charge on any atom is 0.338 e. The molecule has 0 aliphatic carbocycles. The molecule has 0 radical (unpaired) electrons. The van der Waals surface area contributed by atoms with Crippen LogP contribution in [0.2, 0.25) is 0 Å². The fourth-order valence-electron chi connectivity index (χ4n) is 1.41.